The smallest absolute Gasteiger partial charge is 0.293 e. The minimum Gasteiger partial charge on any atom is -0.451 e. The second-order valence-electron chi connectivity index (χ2n) is 7.17. The van der Waals surface area contributed by atoms with Crippen LogP contribution in [0.3, 0.4) is 0 Å². The van der Waals surface area contributed by atoms with E-state index in [2.05, 4.69) is 28.5 Å². The van der Waals surface area contributed by atoms with Gasteiger partial charge in [0.2, 0.25) is 0 Å². The average Bonchev–Trinajstić information content (AvgIpc) is 3.46. The maximum atomic E-state index is 12.9. The summed E-state index contributed by atoms with van der Waals surface area (Å²) in [6.45, 7) is 0.304. The van der Waals surface area contributed by atoms with Gasteiger partial charge < -0.3 is 9.15 Å². The van der Waals surface area contributed by atoms with Crippen molar-refractivity contribution in [3.8, 4) is 11.3 Å². The lowest BCUT2D eigenvalue weighted by Crippen LogP contribution is -2.13. The molecule has 0 unspecified atom stereocenters. The van der Waals surface area contributed by atoms with Crippen LogP contribution in [0.4, 0.5) is 5.13 Å². The maximum absolute atomic E-state index is 12.9. The number of fused-ring (bicyclic) bond motifs is 2. The van der Waals surface area contributed by atoms with Crippen molar-refractivity contribution in [2.24, 2.45) is 0 Å². The molecule has 0 saturated carbocycles. The van der Waals surface area contributed by atoms with Gasteiger partial charge in [-0.3, -0.25) is 10.1 Å². The van der Waals surface area contributed by atoms with Gasteiger partial charge in [0.25, 0.3) is 5.91 Å². The average molecular weight is 404 g/mol. The predicted octanol–water partition coefficient (Wildman–Crippen LogP) is 5.44. The standard InChI is InChI=1S/C23H20N2O3S/c1-27-12-18-17-7-2-3-8-20(17)28-21(18)22(26)25-23-24-19(13-29-23)16-10-9-14-5-4-6-15(14)11-16/h2-3,7-11,13H,4-6,12H2,1H3,(H,24,25,26). The molecule has 4 aromatic rings. The molecule has 1 aliphatic rings. The summed E-state index contributed by atoms with van der Waals surface area (Å²) in [4.78, 5) is 17.5. The summed E-state index contributed by atoms with van der Waals surface area (Å²) in [6.07, 6.45) is 3.51. The van der Waals surface area contributed by atoms with Crippen molar-refractivity contribution in [1.82, 2.24) is 4.98 Å². The highest BCUT2D eigenvalue weighted by Crippen LogP contribution is 2.31. The number of methoxy groups -OCH3 is 1. The van der Waals surface area contributed by atoms with E-state index >= 15 is 0 Å². The van der Waals surface area contributed by atoms with Crippen LogP contribution in [0.25, 0.3) is 22.2 Å². The van der Waals surface area contributed by atoms with Crippen LogP contribution in [0, 0.1) is 0 Å². The van der Waals surface area contributed by atoms with Gasteiger partial charge in [-0.05, 0) is 42.5 Å². The number of carbonyl (C=O) groups excluding carboxylic acids is 1. The molecule has 5 rings (SSSR count). The molecule has 146 valence electrons. The van der Waals surface area contributed by atoms with Crippen molar-refractivity contribution in [2.45, 2.75) is 25.9 Å². The second kappa shape index (κ2) is 7.46. The highest BCUT2D eigenvalue weighted by atomic mass is 32.1. The number of amides is 1. The largest absolute Gasteiger partial charge is 0.451 e. The van der Waals surface area contributed by atoms with E-state index in [1.807, 2.05) is 29.6 Å². The first kappa shape index (κ1) is 18.1. The molecule has 2 heterocycles. The zero-order valence-corrected chi connectivity index (χ0v) is 16.8. The fourth-order valence-electron chi connectivity index (χ4n) is 3.92. The molecule has 1 amide bonds. The van der Waals surface area contributed by atoms with Crippen molar-refractivity contribution in [2.75, 3.05) is 12.4 Å². The van der Waals surface area contributed by atoms with Crippen LogP contribution in [0.2, 0.25) is 0 Å². The Kier molecular flexibility index (Phi) is 4.66. The molecule has 0 fully saturated rings. The summed E-state index contributed by atoms with van der Waals surface area (Å²) >= 11 is 1.41. The minimum absolute atomic E-state index is 0.266. The quantitative estimate of drug-likeness (QED) is 0.481. The van der Waals surface area contributed by atoms with Crippen LogP contribution in [-0.2, 0) is 24.2 Å². The second-order valence-corrected chi connectivity index (χ2v) is 8.03. The Morgan fingerprint density at radius 3 is 2.97 bits per heavy atom. The zero-order chi connectivity index (χ0) is 19.8. The lowest BCUT2D eigenvalue weighted by atomic mass is 10.1. The molecule has 5 nitrogen and oxygen atoms in total. The maximum Gasteiger partial charge on any atom is 0.293 e. The fraction of sp³-hybridized carbons (Fsp3) is 0.217. The van der Waals surface area contributed by atoms with Crippen LogP contribution < -0.4 is 5.32 Å². The third-order valence-electron chi connectivity index (χ3n) is 5.31. The van der Waals surface area contributed by atoms with E-state index in [1.54, 1.807) is 7.11 Å². The number of carbonyl (C=O) groups is 1. The Bertz CT molecular complexity index is 1210. The number of aryl methyl sites for hydroxylation is 2. The van der Waals surface area contributed by atoms with Crippen molar-refractivity contribution in [3.63, 3.8) is 0 Å². The summed E-state index contributed by atoms with van der Waals surface area (Å²) in [5.74, 6) is -0.0505. The van der Waals surface area contributed by atoms with Gasteiger partial charge in [0, 0.05) is 29.0 Å². The monoisotopic (exact) mass is 404 g/mol. The van der Waals surface area contributed by atoms with Gasteiger partial charge in [-0.15, -0.1) is 11.3 Å². The number of aromatic nitrogens is 1. The van der Waals surface area contributed by atoms with E-state index in [0.717, 1.165) is 35.0 Å². The topological polar surface area (TPSA) is 64.4 Å². The van der Waals surface area contributed by atoms with Gasteiger partial charge in [0.05, 0.1) is 12.3 Å². The van der Waals surface area contributed by atoms with Gasteiger partial charge >= 0.3 is 0 Å². The number of furan rings is 1. The van der Waals surface area contributed by atoms with Crippen LogP contribution in [0.1, 0.15) is 33.7 Å². The van der Waals surface area contributed by atoms with Gasteiger partial charge in [0.1, 0.15) is 5.58 Å². The van der Waals surface area contributed by atoms with E-state index in [-0.39, 0.29) is 11.7 Å². The van der Waals surface area contributed by atoms with Crippen LogP contribution >= 0.6 is 11.3 Å². The normalized spacial score (nSPS) is 13.0. The molecular formula is C23H20N2O3S. The zero-order valence-electron chi connectivity index (χ0n) is 16.0. The summed E-state index contributed by atoms with van der Waals surface area (Å²) < 4.78 is 11.1. The predicted molar refractivity (Wildman–Crippen MR) is 114 cm³/mol. The molecular weight excluding hydrogens is 384 g/mol. The van der Waals surface area contributed by atoms with E-state index in [0.29, 0.717) is 17.3 Å². The highest BCUT2D eigenvalue weighted by Gasteiger charge is 2.21. The third kappa shape index (κ3) is 3.34. The van der Waals surface area contributed by atoms with Crippen LogP contribution in [0.5, 0.6) is 0 Å². The van der Waals surface area contributed by atoms with Crippen molar-refractivity contribution in [1.29, 1.82) is 0 Å². The van der Waals surface area contributed by atoms with E-state index in [1.165, 1.54) is 28.9 Å². The first-order chi connectivity index (χ1) is 14.2. The Morgan fingerprint density at radius 2 is 2.07 bits per heavy atom. The lowest BCUT2D eigenvalue weighted by molar-refractivity contribution is 0.0992. The molecule has 0 spiro atoms. The molecule has 29 heavy (non-hydrogen) atoms. The molecule has 1 aliphatic carbocycles. The molecule has 0 bridgehead atoms. The van der Waals surface area contributed by atoms with E-state index < -0.39 is 0 Å². The number of ether oxygens (including phenoxy) is 1. The van der Waals surface area contributed by atoms with Gasteiger partial charge in [0.15, 0.2) is 10.9 Å². The molecule has 0 saturated heterocycles. The van der Waals surface area contributed by atoms with Gasteiger partial charge in [-0.25, -0.2) is 4.98 Å². The van der Waals surface area contributed by atoms with Gasteiger partial charge in [-0.2, -0.15) is 0 Å². The fourth-order valence-corrected chi connectivity index (χ4v) is 4.63. The molecule has 2 aromatic heterocycles. The first-order valence-electron chi connectivity index (χ1n) is 9.61. The number of hydrogen-bond donors (Lipinski definition) is 1. The summed E-state index contributed by atoms with van der Waals surface area (Å²) in [7, 11) is 1.60. The Labute approximate surface area is 172 Å². The summed E-state index contributed by atoms with van der Waals surface area (Å²) in [5, 5.41) is 6.29. The number of thiazole rings is 1. The van der Waals surface area contributed by atoms with Crippen LogP contribution in [0.15, 0.2) is 52.3 Å². The number of nitrogens with zero attached hydrogens (tertiary/aromatic N) is 1. The number of rotatable bonds is 5. The number of hydrogen-bond acceptors (Lipinski definition) is 5. The lowest BCUT2D eigenvalue weighted by Gasteiger charge is -2.03. The van der Waals surface area contributed by atoms with Crippen molar-refractivity contribution >= 4 is 33.3 Å². The van der Waals surface area contributed by atoms with E-state index in [4.69, 9.17) is 9.15 Å². The Balaban J connectivity index is 1.41. The Morgan fingerprint density at radius 1 is 1.21 bits per heavy atom. The molecule has 2 aromatic carbocycles. The number of anilines is 1. The van der Waals surface area contributed by atoms with E-state index in [9.17, 15) is 4.79 Å². The number of nitrogens with one attached hydrogen (secondary N) is 1. The summed E-state index contributed by atoms with van der Waals surface area (Å²) in [5.41, 5.74) is 6.23. The number of benzene rings is 2. The molecule has 0 atom stereocenters. The van der Waals surface area contributed by atoms with Crippen molar-refractivity contribution in [3.05, 3.63) is 70.3 Å². The minimum atomic E-state index is -0.317. The van der Waals surface area contributed by atoms with Gasteiger partial charge in [-0.1, -0.05) is 30.3 Å². The highest BCUT2D eigenvalue weighted by molar-refractivity contribution is 7.14. The molecule has 1 N–H and O–H groups in total. The third-order valence-corrected chi connectivity index (χ3v) is 6.07. The van der Waals surface area contributed by atoms with Crippen LogP contribution in [-0.4, -0.2) is 18.0 Å². The Hall–Kier alpha value is -2.96. The first-order valence-corrected chi connectivity index (χ1v) is 10.5. The molecule has 6 heteroatoms. The summed E-state index contributed by atoms with van der Waals surface area (Å²) in [6, 6.07) is 14.1. The number of para-hydroxylation sites is 1. The SMILES string of the molecule is COCc1c(C(=O)Nc2nc(-c3ccc4c(c3)CCC4)cs2)oc2ccccc12. The van der Waals surface area contributed by atoms with Crippen molar-refractivity contribution < 1.29 is 13.9 Å². The molecule has 0 radical (unpaired) electrons. The molecule has 0 aliphatic heterocycles.